The highest BCUT2D eigenvalue weighted by Gasteiger charge is 2.45. The van der Waals surface area contributed by atoms with Gasteiger partial charge in [-0.3, -0.25) is 4.79 Å². The van der Waals surface area contributed by atoms with Crippen LogP contribution in [0.15, 0.2) is 0 Å². The number of hydrogen-bond acceptors (Lipinski definition) is 2. The molecule has 1 N–H and O–H groups in total. The fourth-order valence-corrected chi connectivity index (χ4v) is 2.93. The van der Waals surface area contributed by atoms with Crippen molar-refractivity contribution in [3.63, 3.8) is 0 Å². The van der Waals surface area contributed by atoms with E-state index in [1.165, 1.54) is 32.1 Å². The minimum atomic E-state index is -0.679. The molecule has 2 saturated carbocycles. The van der Waals surface area contributed by atoms with Gasteiger partial charge in [0, 0.05) is 5.41 Å². The maximum atomic E-state index is 10.7. The van der Waals surface area contributed by atoms with Crippen LogP contribution in [0, 0.1) is 11.3 Å². The van der Waals surface area contributed by atoms with Crippen LogP contribution in [0.4, 0.5) is 0 Å². The minimum absolute atomic E-state index is 0.00894. The van der Waals surface area contributed by atoms with E-state index in [2.05, 4.69) is 6.92 Å². The summed E-state index contributed by atoms with van der Waals surface area (Å²) in [5, 5.41) is 8.85. The average Bonchev–Trinajstić information content (AvgIpc) is 3.06. The Morgan fingerprint density at radius 1 is 1.41 bits per heavy atom. The second-order valence-corrected chi connectivity index (χ2v) is 5.94. The van der Waals surface area contributed by atoms with Gasteiger partial charge in [-0.15, -0.1) is 0 Å². The summed E-state index contributed by atoms with van der Waals surface area (Å²) in [7, 11) is 0. The lowest BCUT2D eigenvalue weighted by molar-refractivity contribution is -0.139. The summed E-state index contributed by atoms with van der Waals surface area (Å²) in [4.78, 5) is 10.7. The number of carbonyl (C=O) groups is 1. The first-order valence-electron chi connectivity index (χ1n) is 6.97. The molecule has 2 fully saturated rings. The molecule has 0 heterocycles. The van der Waals surface area contributed by atoms with Gasteiger partial charge in [-0.1, -0.05) is 26.2 Å². The largest absolute Gasteiger partial charge is 0.481 e. The topological polar surface area (TPSA) is 46.5 Å². The van der Waals surface area contributed by atoms with Crippen LogP contribution in [0.3, 0.4) is 0 Å². The molecular weight excluding hydrogens is 216 g/mol. The number of aliphatic carboxylic acids is 1. The van der Waals surface area contributed by atoms with Gasteiger partial charge in [-0.05, 0) is 31.6 Å². The summed E-state index contributed by atoms with van der Waals surface area (Å²) in [5.74, 6) is 0.143. The minimum Gasteiger partial charge on any atom is -0.481 e. The van der Waals surface area contributed by atoms with E-state index < -0.39 is 5.97 Å². The Morgan fingerprint density at radius 2 is 2.18 bits per heavy atom. The van der Waals surface area contributed by atoms with E-state index in [0.29, 0.717) is 12.7 Å². The zero-order valence-corrected chi connectivity index (χ0v) is 10.8. The molecule has 0 aromatic rings. The highest BCUT2D eigenvalue weighted by atomic mass is 16.5. The third-order valence-electron chi connectivity index (χ3n) is 4.42. The zero-order chi connectivity index (χ0) is 12.3. The standard InChI is InChI=1S/C14H24O3/c1-2-11-4-3-5-12(8-11)17-10-14(6-7-14)9-13(15)16/h11-12H,2-10H2,1H3,(H,15,16). The quantitative estimate of drug-likeness (QED) is 0.775. The smallest absolute Gasteiger partial charge is 0.303 e. The summed E-state index contributed by atoms with van der Waals surface area (Å²) in [6, 6.07) is 0. The molecule has 2 rings (SSSR count). The zero-order valence-electron chi connectivity index (χ0n) is 10.8. The Hall–Kier alpha value is -0.570. The molecule has 17 heavy (non-hydrogen) atoms. The van der Waals surface area contributed by atoms with Crippen LogP contribution < -0.4 is 0 Å². The summed E-state index contributed by atoms with van der Waals surface area (Å²) in [5.41, 5.74) is -0.00894. The lowest BCUT2D eigenvalue weighted by atomic mass is 9.85. The molecule has 0 aliphatic heterocycles. The molecule has 0 saturated heterocycles. The molecule has 0 spiro atoms. The third-order valence-corrected chi connectivity index (χ3v) is 4.42. The summed E-state index contributed by atoms with van der Waals surface area (Å²) < 4.78 is 5.98. The second kappa shape index (κ2) is 5.38. The molecule has 0 radical (unpaired) electrons. The van der Waals surface area contributed by atoms with Crippen molar-refractivity contribution in [1.29, 1.82) is 0 Å². The predicted octanol–water partition coefficient (Wildman–Crippen LogP) is 3.23. The molecule has 0 amide bonds. The van der Waals surface area contributed by atoms with Crippen molar-refractivity contribution in [3.05, 3.63) is 0 Å². The highest BCUT2D eigenvalue weighted by Crippen LogP contribution is 2.49. The van der Waals surface area contributed by atoms with E-state index in [9.17, 15) is 4.79 Å². The summed E-state index contributed by atoms with van der Waals surface area (Å²) >= 11 is 0. The van der Waals surface area contributed by atoms with Crippen molar-refractivity contribution in [1.82, 2.24) is 0 Å². The molecule has 0 aromatic carbocycles. The van der Waals surface area contributed by atoms with Crippen molar-refractivity contribution in [3.8, 4) is 0 Å². The lowest BCUT2D eigenvalue weighted by Gasteiger charge is -2.29. The van der Waals surface area contributed by atoms with Crippen LogP contribution in [-0.2, 0) is 9.53 Å². The molecular formula is C14H24O3. The van der Waals surface area contributed by atoms with Crippen LogP contribution >= 0.6 is 0 Å². The van der Waals surface area contributed by atoms with Crippen molar-refractivity contribution in [2.45, 2.75) is 64.4 Å². The molecule has 2 aliphatic carbocycles. The Bertz CT molecular complexity index is 271. The van der Waals surface area contributed by atoms with Crippen molar-refractivity contribution in [2.75, 3.05) is 6.61 Å². The van der Waals surface area contributed by atoms with Gasteiger partial charge in [-0.25, -0.2) is 0 Å². The van der Waals surface area contributed by atoms with Gasteiger partial charge in [-0.2, -0.15) is 0 Å². The molecule has 0 aromatic heterocycles. The molecule has 3 nitrogen and oxygen atoms in total. The normalized spacial score (nSPS) is 31.1. The third kappa shape index (κ3) is 3.70. The van der Waals surface area contributed by atoms with E-state index >= 15 is 0 Å². The van der Waals surface area contributed by atoms with E-state index in [4.69, 9.17) is 9.84 Å². The van der Waals surface area contributed by atoms with E-state index in [1.54, 1.807) is 0 Å². The Balaban J connectivity index is 1.72. The summed E-state index contributed by atoms with van der Waals surface area (Å²) in [6.45, 7) is 2.92. The number of ether oxygens (including phenoxy) is 1. The van der Waals surface area contributed by atoms with Gasteiger partial charge in [0.05, 0.1) is 19.1 Å². The highest BCUT2D eigenvalue weighted by molar-refractivity contribution is 5.68. The van der Waals surface area contributed by atoms with Gasteiger partial charge in [0.25, 0.3) is 0 Å². The van der Waals surface area contributed by atoms with Crippen LogP contribution in [0.5, 0.6) is 0 Å². The second-order valence-electron chi connectivity index (χ2n) is 5.94. The monoisotopic (exact) mass is 240 g/mol. The van der Waals surface area contributed by atoms with Gasteiger partial charge in [0.2, 0.25) is 0 Å². The predicted molar refractivity (Wildman–Crippen MR) is 65.9 cm³/mol. The Kier molecular flexibility index (Phi) is 4.08. The number of rotatable bonds is 6. The molecule has 98 valence electrons. The average molecular weight is 240 g/mol. The molecule has 0 bridgehead atoms. The first kappa shape index (κ1) is 12.9. The molecule has 2 aliphatic rings. The lowest BCUT2D eigenvalue weighted by Crippen LogP contribution is -2.26. The van der Waals surface area contributed by atoms with Gasteiger partial charge in [0.1, 0.15) is 0 Å². The molecule has 3 heteroatoms. The van der Waals surface area contributed by atoms with E-state index in [-0.39, 0.29) is 11.8 Å². The first-order chi connectivity index (χ1) is 8.13. The van der Waals surface area contributed by atoms with Crippen molar-refractivity contribution in [2.24, 2.45) is 11.3 Å². The number of carboxylic acids is 1. The van der Waals surface area contributed by atoms with Crippen LogP contribution in [0.2, 0.25) is 0 Å². The fourth-order valence-electron chi connectivity index (χ4n) is 2.93. The van der Waals surface area contributed by atoms with Crippen molar-refractivity contribution >= 4 is 5.97 Å². The maximum absolute atomic E-state index is 10.7. The van der Waals surface area contributed by atoms with Crippen molar-refractivity contribution < 1.29 is 14.6 Å². The maximum Gasteiger partial charge on any atom is 0.303 e. The van der Waals surface area contributed by atoms with Gasteiger partial charge in [0.15, 0.2) is 0 Å². The molecule has 2 unspecified atom stereocenters. The number of hydrogen-bond donors (Lipinski definition) is 1. The summed E-state index contributed by atoms with van der Waals surface area (Å²) in [6.07, 6.45) is 8.95. The number of carboxylic acid groups (broad SMARTS) is 1. The fraction of sp³-hybridized carbons (Fsp3) is 0.929. The van der Waals surface area contributed by atoms with Crippen LogP contribution in [-0.4, -0.2) is 23.8 Å². The van der Waals surface area contributed by atoms with Gasteiger partial charge >= 0.3 is 5.97 Å². The van der Waals surface area contributed by atoms with E-state index in [1.807, 2.05) is 0 Å². The van der Waals surface area contributed by atoms with E-state index in [0.717, 1.165) is 18.8 Å². The molecule has 2 atom stereocenters. The SMILES string of the molecule is CCC1CCCC(OCC2(CC(=O)O)CC2)C1. The Morgan fingerprint density at radius 3 is 2.76 bits per heavy atom. The Labute approximate surface area is 104 Å². The van der Waals surface area contributed by atoms with Crippen LogP contribution in [0.25, 0.3) is 0 Å². The first-order valence-corrected chi connectivity index (χ1v) is 6.97. The van der Waals surface area contributed by atoms with Crippen LogP contribution in [0.1, 0.15) is 58.3 Å². The van der Waals surface area contributed by atoms with Gasteiger partial charge < -0.3 is 9.84 Å².